The maximum Gasteiger partial charge on any atom is 0.259 e. The first-order chi connectivity index (χ1) is 13.7. The zero-order chi connectivity index (χ0) is 19.5. The maximum absolute atomic E-state index is 13.0. The summed E-state index contributed by atoms with van der Waals surface area (Å²) in [6.07, 6.45) is 0. The SMILES string of the molecule is CCN1C(=O)c2ccccc2Sc2ccc(C(=O)NCc3ccccc3)cc21. The van der Waals surface area contributed by atoms with Gasteiger partial charge in [0.25, 0.3) is 11.8 Å². The second-order valence-corrected chi connectivity index (χ2v) is 7.58. The van der Waals surface area contributed by atoms with Crippen LogP contribution in [0.2, 0.25) is 0 Å². The molecule has 0 bridgehead atoms. The smallest absolute Gasteiger partial charge is 0.259 e. The van der Waals surface area contributed by atoms with Crippen LogP contribution in [0.25, 0.3) is 0 Å². The molecule has 2 amide bonds. The van der Waals surface area contributed by atoms with Gasteiger partial charge in [0.05, 0.1) is 11.3 Å². The van der Waals surface area contributed by atoms with Crippen LogP contribution in [0.1, 0.15) is 33.2 Å². The molecule has 0 radical (unpaired) electrons. The fraction of sp³-hybridized carbons (Fsp3) is 0.130. The Bertz CT molecular complexity index is 1030. The second-order valence-electron chi connectivity index (χ2n) is 6.50. The third kappa shape index (κ3) is 3.53. The molecular weight excluding hydrogens is 368 g/mol. The number of carbonyl (C=O) groups excluding carboxylic acids is 2. The average molecular weight is 388 g/mol. The van der Waals surface area contributed by atoms with Crippen molar-refractivity contribution in [1.82, 2.24) is 5.32 Å². The van der Waals surface area contributed by atoms with Gasteiger partial charge in [0, 0.05) is 28.4 Å². The largest absolute Gasteiger partial charge is 0.348 e. The summed E-state index contributed by atoms with van der Waals surface area (Å²) in [7, 11) is 0. The molecule has 0 fully saturated rings. The number of amides is 2. The van der Waals surface area contributed by atoms with Crippen molar-refractivity contribution < 1.29 is 9.59 Å². The van der Waals surface area contributed by atoms with Crippen LogP contribution in [0.5, 0.6) is 0 Å². The van der Waals surface area contributed by atoms with E-state index in [1.165, 1.54) is 0 Å². The van der Waals surface area contributed by atoms with E-state index in [2.05, 4.69) is 5.32 Å². The van der Waals surface area contributed by atoms with Crippen LogP contribution in [-0.2, 0) is 6.54 Å². The van der Waals surface area contributed by atoms with E-state index in [0.29, 0.717) is 24.2 Å². The van der Waals surface area contributed by atoms with Gasteiger partial charge in [0.2, 0.25) is 0 Å². The van der Waals surface area contributed by atoms with Gasteiger partial charge in [-0.3, -0.25) is 9.59 Å². The summed E-state index contributed by atoms with van der Waals surface area (Å²) < 4.78 is 0. The molecule has 0 saturated carbocycles. The lowest BCUT2D eigenvalue weighted by Crippen LogP contribution is -2.31. The summed E-state index contributed by atoms with van der Waals surface area (Å²) in [5.74, 6) is -0.187. The predicted molar refractivity (Wildman–Crippen MR) is 112 cm³/mol. The highest BCUT2D eigenvalue weighted by molar-refractivity contribution is 7.99. The summed E-state index contributed by atoms with van der Waals surface area (Å²) in [5, 5.41) is 2.95. The van der Waals surface area contributed by atoms with Gasteiger partial charge in [-0.25, -0.2) is 0 Å². The van der Waals surface area contributed by atoms with Crippen molar-refractivity contribution in [3.8, 4) is 0 Å². The van der Waals surface area contributed by atoms with Gasteiger partial charge in [-0.2, -0.15) is 0 Å². The Morgan fingerprint density at radius 2 is 1.71 bits per heavy atom. The quantitative estimate of drug-likeness (QED) is 0.702. The van der Waals surface area contributed by atoms with Gasteiger partial charge < -0.3 is 10.2 Å². The molecule has 1 aliphatic heterocycles. The molecular formula is C23H20N2O2S. The normalized spacial score (nSPS) is 12.8. The first kappa shape index (κ1) is 18.3. The minimum Gasteiger partial charge on any atom is -0.348 e. The predicted octanol–water partition coefficient (Wildman–Crippen LogP) is 4.75. The third-order valence-electron chi connectivity index (χ3n) is 4.71. The van der Waals surface area contributed by atoms with Crippen LogP contribution >= 0.6 is 11.8 Å². The molecule has 140 valence electrons. The van der Waals surface area contributed by atoms with Crippen LogP contribution in [0.4, 0.5) is 5.69 Å². The van der Waals surface area contributed by atoms with Crippen LogP contribution in [0, 0.1) is 0 Å². The minimum absolute atomic E-state index is 0.0359. The van der Waals surface area contributed by atoms with Gasteiger partial charge in [-0.05, 0) is 42.8 Å². The molecule has 0 aliphatic carbocycles. The molecule has 0 spiro atoms. The number of fused-ring (bicyclic) bond motifs is 2. The van der Waals surface area contributed by atoms with Crippen molar-refractivity contribution >= 4 is 29.3 Å². The first-order valence-electron chi connectivity index (χ1n) is 9.22. The highest BCUT2D eigenvalue weighted by atomic mass is 32.2. The van der Waals surface area contributed by atoms with Crippen molar-refractivity contribution in [1.29, 1.82) is 0 Å². The van der Waals surface area contributed by atoms with Crippen molar-refractivity contribution in [2.24, 2.45) is 0 Å². The Morgan fingerprint density at radius 3 is 2.50 bits per heavy atom. The molecule has 1 heterocycles. The zero-order valence-corrected chi connectivity index (χ0v) is 16.3. The molecule has 4 rings (SSSR count). The van der Waals surface area contributed by atoms with Gasteiger partial charge in [-0.15, -0.1) is 0 Å². The van der Waals surface area contributed by atoms with E-state index >= 15 is 0 Å². The van der Waals surface area contributed by atoms with Crippen molar-refractivity contribution in [3.05, 3.63) is 89.5 Å². The number of anilines is 1. The van der Waals surface area contributed by atoms with Crippen molar-refractivity contribution in [3.63, 3.8) is 0 Å². The molecule has 0 atom stereocenters. The fourth-order valence-electron chi connectivity index (χ4n) is 3.26. The Hall–Kier alpha value is -3.05. The van der Waals surface area contributed by atoms with E-state index in [4.69, 9.17) is 0 Å². The lowest BCUT2D eigenvalue weighted by atomic mass is 10.1. The molecule has 3 aromatic rings. The van der Waals surface area contributed by atoms with Crippen LogP contribution in [-0.4, -0.2) is 18.4 Å². The Morgan fingerprint density at radius 1 is 0.964 bits per heavy atom. The van der Waals surface area contributed by atoms with E-state index in [0.717, 1.165) is 21.0 Å². The highest BCUT2D eigenvalue weighted by Gasteiger charge is 2.26. The minimum atomic E-state index is -0.151. The zero-order valence-electron chi connectivity index (χ0n) is 15.5. The molecule has 1 aliphatic rings. The Kier molecular flexibility index (Phi) is 5.17. The number of carbonyl (C=O) groups is 2. The number of hydrogen-bond donors (Lipinski definition) is 1. The maximum atomic E-state index is 13.0. The van der Waals surface area contributed by atoms with Crippen LogP contribution in [0.15, 0.2) is 82.6 Å². The van der Waals surface area contributed by atoms with E-state index in [-0.39, 0.29) is 11.8 Å². The summed E-state index contributed by atoms with van der Waals surface area (Å²) >= 11 is 1.56. The monoisotopic (exact) mass is 388 g/mol. The Balaban J connectivity index is 1.63. The molecule has 4 nitrogen and oxygen atoms in total. The van der Waals surface area contributed by atoms with Gasteiger partial charge in [-0.1, -0.05) is 54.2 Å². The summed E-state index contributed by atoms with van der Waals surface area (Å²) in [5.41, 5.74) is 3.07. The molecule has 1 N–H and O–H groups in total. The van der Waals surface area contributed by atoms with Crippen molar-refractivity contribution in [2.45, 2.75) is 23.3 Å². The molecule has 28 heavy (non-hydrogen) atoms. The van der Waals surface area contributed by atoms with Gasteiger partial charge >= 0.3 is 0 Å². The Labute approximate surface area is 168 Å². The third-order valence-corrected chi connectivity index (χ3v) is 5.85. The molecule has 3 aromatic carbocycles. The number of nitrogens with one attached hydrogen (secondary N) is 1. The number of nitrogens with zero attached hydrogens (tertiary/aromatic N) is 1. The number of hydrogen-bond acceptors (Lipinski definition) is 3. The average Bonchev–Trinajstić information content (AvgIpc) is 2.86. The lowest BCUT2D eigenvalue weighted by Gasteiger charge is -2.21. The van der Waals surface area contributed by atoms with Crippen LogP contribution in [0.3, 0.4) is 0 Å². The number of rotatable bonds is 4. The van der Waals surface area contributed by atoms with E-state index < -0.39 is 0 Å². The van der Waals surface area contributed by atoms with E-state index in [9.17, 15) is 9.59 Å². The van der Waals surface area contributed by atoms with Gasteiger partial charge in [0.1, 0.15) is 0 Å². The molecule has 0 unspecified atom stereocenters. The van der Waals surface area contributed by atoms with Gasteiger partial charge in [0.15, 0.2) is 0 Å². The van der Waals surface area contributed by atoms with Crippen LogP contribution < -0.4 is 10.2 Å². The summed E-state index contributed by atoms with van der Waals surface area (Å²) in [6.45, 7) is 2.95. The van der Waals surface area contributed by atoms with E-state index in [1.807, 2.05) is 79.7 Å². The second kappa shape index (κ2) is 7.90. The standard InChI is InChI=1S/C23H20N2O2S/c1-2-25-19-14-17(22(26)24-15-16-8-4-3-5-9-16)12-13-21(19)28-20-11-7-6-10-18(20)23(25)27/h3-14H,2,15H2,1H3,(H,24,26). The fourth-order valence-corrected chi connectivity index (χ4v) is 4.31. The topological polar surface area (TPSA) is 49.4 Å². The summed E-state index contributed by atoms with van der Waals surface area (Å²) in [4.78, 5) is 29.3. The molecule has 5 heteroatoms. The molecule has 0 saturated heterocycles. The summed E-state index contributed by atoms with van der Waals surface area (Å²) in [6, 6.07) is 23.0. The number of benzene rings is 3. The lowest BCUT2D eigenvalue weighted by molar-refractivity contribution is 0.0947. The van der Waals surface area contributed by atoms with Crippen molar-refractivity contribution in [2.75, 3.05) is 11.4 Å². The molecule has 0 aromatic heterocycles. The highest BCUT2D eigenvalue weighted by Crippen LogP contribution is 2.41. The van der Waals surface area contributed by atoms with E-state index in [1.54, 1.807) is 16.7 Å². The first-order valence-corrected chi connectivity index (χ1v) is 10.0.